The predicted octanol–water partition coefficient (Wildman–Crippen LogP) is 5.34. The summed E-state index contributed by atoms with van der Waals surface area (Å²) in [5.74, 6) is -2.12. The Bertz CT molecular complexity index is 1410. The second-order valence-electron chi connectivity index (χ2n) is 11.0. The number of benzene rings is 2. The van der Waals surface area contributed by atoms with E-state index in [1.807, 2.05) is 6.07 Å². The van der Waals surface area contributed by atoms with Gasteiger partial charge in [0.25, 0.3) is 5.91 Å². The molecule has 2 aromatic rings. The molecule has 1 N–H and O–H groups in total. The zero-order valence-corrected chi connectivity index (χ0v) is 24.1. The molecule has 1 aliphatic heterocycles. The second-order valence-corrected chi connectivity index (χ2v) is 14.7. The fraction of sp³-hybridized carbons (Fsp3) is 0.464. The zero-order valence-electron chi connectivity index (χ0n) is 21.8. The van der Waals surface area contributed by atoms with Crippen LogP contribution in [0.15, 0.2) is 42.5 Å². The molecule has 0 unspecified atom stereocenters. The highest BCUT2D eigenvalue weighted by Crippen LogP contribution is 2.48. The summed E-state index contributed by atoms with van der Waals surface area (Å²) in [4.78, 5) is 27.3. The standard InChI is InChI=1S/C28H30Cl2N2O6S/c1-28(2,3)39(36,37)15-22(16-4-5-16)32-25(17-8-10-20(29)11-9-17)26(38-23(27(32)35)13-24(33)34)18-6-7-19(14-31)21(30)12-18/h6-12,16,22-23,25-26H,4-5,13,15H2,1-3H3,(H,33,34)/t22-,23-,25-,26-/m1/s1. The predicted molar refractivity (Wildman–Crippen MR) is 147 cm³/mol. The molecule has 1 heterocycles. The van der Waals surface area contributed by atoms with E-state index in [9.17, 15) is 28.4 Å². The molecule has 2 aromatic carbocycles. The fourth-order valence-corrected chi connectivity index (χ4v) is 6.62. The molecule has 4 rings (SSSR count). The summed E-state index contributed by atoms with van der Waals surface area (Å²) in [7, 11) is -3.65. The van der Waals surface area contributed by atoms with Gasteiger partial charge in [0.2, 0.25) is 0 Å². The van der Waals surface area contributed by atoms with E-state index >= 15 is 0 Å². The Labute approximate surface area is 238 Å². The molecule has 0 radical (unpaired) electrons. The smallest absolute Gasteiger partial charge is 0.306 e. The molecule has 11 heteroatoms. The molecule has 0 spiro atoms. The van der Waals surface area contributed by atoms with Gasteiger partial charge in [0.1, 0.15) is 18.3 Å². The Kier molecular flexibility index (Phi) is 8.34. The first kappa shape index (κ1) is 29.3. The number of ether oxygens (including phenoxy) is 1. The Morgan fingerprint density at radius 1 is 1.15 bits per heavy atom. The maximum Gasteiger partial charge on any atom is 0.306 e. The summed E-state index contributed by atoms with van der Waals surface area (Å²) in [5, 5.41) is 19.6. The highest BCUT2D eigenvalue weighted by atomic mass is 35.5. The third-order valence-electron chi connectivity index (χ3n) is 7.29. The lowest BCUT2D eigenvalue weighted by atomic mass is 9.89. The van der Waals surface area contributed by atoms with Crippen molar-refractivity contribution in [3.05, 3.63) is 69.2 Å². The van der Waals surface area contributed by atoms with Crippen molar-refractivity contribution in [2.45, 2.75) is 69.1 Å². The highest BCUT2D eigenvalue weighted by molar-refractivity contribution is 7.92. The number of morpholine rings is 1. The summed E-state index contributed by atoms with van der Waals surface area (Å²) in [6.45, 7) is 4.87. The number of carbonyl (C=O) groups excluding carboxylic acids is 1. The number of carboxylic acids is 1. The van der Waals surface area contributed by atoms with Gasteiger partial charge in [-0.05, 0) is 74.9 Å². The molecule has 2 aliphatic rings. The van der Waals surface area contributed by atoms with Crippen molar-refractivity contribution in [3.63, 3.8) is 0 Å². The number of halogens is 2. The van der Waals surface area contributed by atoms with Gasteiger partial charge < -0.3 is 14.7 Å². The monoisotopic (exact) mass is 592 g/mol. The minimum atomic E-state index is -3.65. The molecule has 1 saturated heterocycles. The molecule has 1 aliphatic carbocycles. The van der Waals surface area contributed by atoms with E-state index in [1.54, 1.807) is 57.2 Å². The molecule has 39 heavy (non-hydrogen) atoms. The van der Waals surface area contributed by atoms with Crippen LogP contribution in [0.5, 0.6) is 0 Å². The number of rotatable bonds is 8. The number of hydrogen-bond donors (Lipinski definition) is 1. The van der Waals surface area contributed by atoms with Gasteiger partial charge in [-0.2, -0.15) is 5.26 Å². The third kappa shape index (κ3) is 6.25. The van der Waals surface area contributed by atoms with Crippen LogP contribution in [0.25, 0.3) is 0 Å². The largest absolute Gasteiger partial charge is 0.481 e. The van der Waals surface area contributed by atoms with E-state index in [0.717, 1.165) is 12.8 Å². The number of nitriles is 1. The van der Waals surface area contributed by atoms with Crippen molar-refractivity contribution < 1.29 is 27.9 Å². The molecular weight excluding hydrogens is 563 g/mol. The highest BCUT2D eigenvalue weighted by Gasteiger charge is 2.52. The first-order valence-electron chi connectivity index (χ1n) is 12.6. The first-order valence-corrected chi connectivity index (χ1v) is 15.0. The van der Waals surface area contributed by atoms with Crippen molar-refractivity contribution in [2.24, 2.45) is 5.92 Å². The molecule has 2 fully saturated rings. The molecule has 1 amide bonds. The molecular formula is C28H30Cl2N2O6S. The number of sulfone groups is 1. The van der Waals surface area contributed by atoms with Crippen LogP contribution < -0.4 is 0 Å². The van der Waals surface area contributed by atoms with Gasteiger partial charge in [0.15, 0.2) is 9.84 Å². The number of aliphatic carboxylic acids is 1. The van der Waals surface area contributed by atoms with Crippen molar-refractivity contribution in [3.8, 4) is 6.07 Å². The van der Waals surface area contributed by atoms with Gasteiger partial charge in [-0.25, -0.2) is 8.42 Å². The molecule has 1 saturated carbocycles. The van der Waals surface area contributed by atoms with Crippen LogP contribution in [0.4, 0.5) is 0 Å². The number of hydrogen-bond acceptors (Lipinski definition) is 6. The van der Waals surface area contributed by atoms with E-state index in [-0.39, 0.29) is 22.3 Å². The normalized spacial score (nSPS) is 22.8. The SMILES string of the molecule is CC(C)(C)S(=O)(=O)C[C@H](C1CC1)N1C(=O)[C@@H](CC(=O)O)O[C@H](c2ccc(C#N)c(Cl)c2)[C@H]1c1ccc(Cl)cc1. The third-order valence-corrected chi connectivity index (χ3v) is 10.5. The molecule has 0 aromatic heterocycles. The van der Waals surface area contributed by atoms with Crippen molar-refractivity contribution in [1.29, 1.82) is 5.26 Å². The minimum absolute atomic E-state index is 0.0605. The quantitative estimate of drug-likeness (QED) is 0.438. The summed E-state index contributed by atoms with van der Waals surface area (Å²) in [5.41, 5.74) is 1.42. The van der Waals surface area contributed by atoms with Gasteiger partial charge in [0, 0.05) is 11.1 Å². The molecule has 8 nitrogen and oxygen atoms in total. The van der Waals surface area contributed by atoms with Gasteiger partial charge >= 0.3 is 5.97 Å². The van der Waals surface area contributed by atoms with Gasteiger partial charge in [-0.1, -0.05) is 41.4 Å². The second kappa shape index (κ2) is 11.1. The van der Waals surface area contributed by atoms with E-state index in [1.165, 1.54) is 11.0 Å². The minimum Gasteiger partial charge on any atom is -0.481 e. The zero-order chi connectivity index (χ0) is 28.7. The summed E-state index contributed by atoms with van der Waals surface area (Å²) in [6, 6.07) is 12.1. The van der Waals surface area contributed by atoms with E-state index < -0.39 is 57.2 Å². The number of amides is 1. The average molecular weight is 594 g/mol. The van der Waals surface area contributed by atoms with Crippen LogP contribution in [-0.4, -0.2) is 52.9 Å². The van der Waals surface area contributed by atoms with Gasteiger partial charge in [0.05, 0.1) is 33.5 Å². The Hall–Kier alpha value is -2.64. The Morgan fingerprint density at radius 2 is 1.77 bits per heavy atom. The fourth-order valence-electron chi connectivity index (χ4n) is 4.88. The van der Waals surface area contributed by atoms with Gasteiger partial charge in [-0.3, -0.25) is 9.59 Å². The van der Waals surface area contributed by atoms with Crippen LogP contribution in [0, 0.1) is 17.2 Å². The van der Waals surface area contributed by atoms with E-state index in [0.29, 0.717) is 16.1 Å². The molecule has 208 valence electrons. The summed E-state index contributed by atoms with van der Waals surface area (Å²) in [6.07, 6.45) is -1.33. The Balaban J connectivity index is 1.91. The maximum atomic E-state index is 14.0. The number of nitrogens with zero attached hydrogens (tertiary/aromatic N) is 2. The first-order chi connectivity index (χ1) is 18.2. The lowest BCUT2D eigenvalue weighted by molar-refractivity contribution is -0.183. The van der Waals surface area contributed by atoms with Crippen molar-refractivity contribution in [2.75, 3.05) is 5.75 Å². The Morgan fingerprint density at radius 3 is 2.28 bits per heavy atom. The summed E-state index contributed by atoms with van der Waals surface area (Å²) >= 11 is 12.5. The van der Waals surface area contributed by atoms with Crippen molar-refractivity contribution in [1.82, 2.24) is 4.90 Å². The number of carboxylic acid groups (broad SMARTS) is 1. The maximum absolute atomic E-state index is 14.0. The lowest BCUT2D eigenvalue weighted by Gasteiger charge is -2.48. The van der Waals surface area contributed by atoms with Crippen LogP contribution in [0.2, 0.25) is 10.0 Å². The molecule has 4 atom stereocenters. The number of carbonyl (C=O) groups is 2. The van der Waals surface area contributed by atoms with E-state index in [2.05, 4.69) is 0 Å². The van der Waals surface area contributed by atoms with Crippen LogP contribution >= 0.6 is 23.2 Å². The van der Waals surface area contributed by atoms with Crippen LogP contribution in [-0.2, 0) is 24.2 Å². The van der Waals surface area contributed by atoms with Crippen LogP contribution in [0.1, 0.15) is 68.9 Å². The van der Waals surface area contributed by atoms with Crippen LogP contribution in [0.3, 0.4) is 0 Å². The van der Waals surface area contributed by atoms with E-state index in [4.69, 9.17) is 27.9 Å². The molecule has 0 bridgehead atoms. The summed E-state index contributed by atoms with van der Waals surface area (Å²) < 4.78 is 32.0. The van der Waals surface area contributed by atoms with Crippen molar-refractivity contribution >= 4 is 44.9 Å². The average Bonchev–Trinajstić information content (AvgIpc) is 3.69. The van der Waals surface area contributed by atoms with Gasteiger partial charge in [-0.15, -0.1) is 0 Å². The lowest BCUT2D eigenvalue weighted by Crippen LogP contribution is -2.58. The topological polar surface area (TPSA) is 125 Å².